The summed E-state index contributed by atoms with van der Waals surface area (Å²) < 4.78 is 2.16. The largest absolute Gasteiger partial charge is 0.345 e. The van der Waals surface area contributed by atoms with Crippen molar-refractivity contribution in [3.05, 3.63) is 120 Å². The van der Waals surface area contributed by atoms with Crippen LogP contribution in [0.3, 0.4) is 0 Å². The number of nitrogens with one attached hydrogen (secondary N) is 3. The summed E-state index contributed by atoms with van der Waals surface area (Å²) >= 11 is 0. The maximum atomic E-state index is 13.6. The summed E-state index contributed by atoms with van der Waals surface area (Å²) in [4.78, 5) is 39.9. The molecular weight excluding hydrogens is 466 g/mol. The Morgan fingerprint density at radius 3 is 2.30 bits per heavy atom. The number of anilines is 2. The Morgan fingerprint density at radius 1 is 0.811 bits per heavy atom. The van der Waals surface area contributed by atoms with E-state index in [2.05, 4.69) is 20.7 Å². The van der Waals surface area contributed by atoms with Crippen LogP contribution in [0.5, 0.6) is 0 Å². The lowest BCUT2D eigenvalue weighted by Crippen LogP contribution is -2.43. The van der Waals surface area contributed by atoms with Crippen molar-refractivity contribution in [1.82, 2.24) is 15.4 Å². The normalized spacial score (nSPS) is 13.1. The highest BCUT2D eigenvalue weighted by molar-refractivity contribution is 6.07. The standard InChI is InChI=1S/C29H27N5O3/c1-20(35)31-32-27(21-8-3-2-4-9-21)28(36)30-24-15-13-22(14-16-24)29(37)34-19-25-11-7-17-33(25)18-23-10-5-6-12-26(23)34/h2-17,27,32H,18-19H2,1H3,(H,30,36)(H,31,35). The molecule has 1 atom stereocenters. The number of benzene rings is 3. The van der Waals surface area contributed by atoms with Gasteiger partial charge in [0, 0.05) is 42.3 Å². The van der Waals surface area contributed by atoms with Crippen LogP contribution in [0.25, 0.3) is 0 Å². The zero-order chi connectivity index (χ0) is 25.8. The first-order chi connectivity index (χ1) is 18.0. The van der Waals surface area contributed by atoms with E-state index in [-0.39, 0.29) is 17.7 Å². The monoisotopic (exact) mass is 493 g/mol. The van der Waals surface area contributed by atoms with Gasteiger partial charge in [-0.1, -0.05) is 48.5 Å². The minimum atomic E-state index is -0.795. The Hall–Kier alpha value is -4.69. The number of carbonyl (C=O) groups is 3. The lowest BCUT2D eigenvalue weighted by atomic mass is 10.1. The van der Waals surface area contributed by atoms with E-state index in [0.717, 1.165) is 16.9 Å². The summed E-state index contributed by atoms with van der Waals surface area (Å²) in [6.07, 6.45) is 2.03. The maximum Gasteiger partial charge on any atom is 0.258 e. The Bertz CT molecular complexity index is 1430. The molecule has 1 aliphatic rings. The van der Waals surface area contributed by atoms with Crippen molar-refractivity contribution in [2.24, 2.45) is 0 Å². The summed E-state index contributed by atoms with van der Waals surface area (Å²) in [7, 11) is 0. The molecule has 186 valence electrons. The molecule has 5 rings (SSSR count). The highest BCUT2D eigenvalue weighted by atomic mass is 16.2. The lowest BCUT2D eigenvalue weighted by Gasteiger charge is -2.23. The fraction of sp³-hybridized carbons (Fsp3) is 0.138. The van der Waals surface area contributed by atoms with Crippen LogP contribution in [-0.2, 0) is 22.7 Å². The van der Waals surface area contributed by atoms with Gasteiger partial charge in [-0.25, -0.2) is 5.43 Å². The van der Waals surface area contributed by atoms with Gasteiger partial charge >= 0.3 is 0 Å². The average Bonchev–Trinajstić information content (AvgIpc) is 3.28. The van der Waals surface area contributed by atoms with Crippen LogP contribution in [0.2, 0.25) is 0 Å². The number of amides is 3. The molecule has 1 unspecified atom stereocenters. The van der Waals surface area contributed by atoms with Crippen molar-refractivity contribution >= 4 is 29.1 Å². The number of carbonyl (C=O) groups excluding carboxylic acids is 3. The zero-order valence-electron chi connectivity index (χ0n) is 20.3. The molecule has 0 bridgehead atoms. The minimum Gasteiger partial charge on any atom is -0.345 e. The van der Waals surface area contributed by atoms with Crippen molar-refractivity contribution in [2.45, 2.75) is 26.1 Å². The Labute approximate surface area is 214 Å². The molecule has 37 heavy (non-hydrogen) atoms. The summed E-state index contributed by atoms with van der Waals surface area (Å²) in [6, 6.07) is 27.1. The molecule has 0 fully saturated rings. The number of fused-ring (bicyclic) bond motifs is 2. The SMILES string of the molecule is CC(=O)NNC(C(=O)Nc1ccc(C(=O)N2Cc3cccn3Cc3ccccc32)cc1)c1ccccc1. The Morgan fingerprint density at radius 2 is 1.54 bits per heavy atom. The van der Waals surface area contributed by atoms with Gasteiger partial charge in [0.1, 0.15) is 6.04 Å². The summed E-state index contributed by atoms with van der Waals surface area (Å²) in [5, 5.41) is 2.86. The molecular formula is C29H27N5O3. The molecule has 4 aromatic rings. The van der Waals surface area contributed by atoms with Crippen molar-refractivity contribution in [3.8, 4) is 0 Å². The van der Waals surface area contributed by atoms with Crippen LogP contribution in [0.15, 0.2) is 97.2 Å². The molecule has 0 radical (unpaired) electrons. The van der Waals surface area contributed by atoms with E-state index in [1.807, 2.05) is 60.8 Å². The van der Waals surface area contributed by atoms with E-state index in [1.165, 1.54) is 6.92 Å². The molecule has 8 heteroatoms. The Balaban J connectivity index is 1.34. The summed E-state index contributed by atoms with van der Waals surface area (Å²) in [6.45, 7) is 2.54. The van der Waals surface area contributed by atoms with Crippen LogP contribution in [-0.4, -0.2) is 22.3 Å². The molecule has 1 aliphatic heterocycles. The third-order valence-corrected chi connectivity index (χ3v) is 6.30. The second kappa shape index (κ2) is 10.5. The molecule has 0 aliphatic carbocycles. The third kappa shape index (κ3) is 5.29. The van der Waals surface area contributed by atoms with Gasteiger partial charge in [0.05, 0.1) is 6.54 Å². The number of hydrazine groups is 1. The number of rotatable bonds is 6. The number of para-hydroxylation sites is 1. The Kier molecular flexibility index (Phi) is 6.83. The first-order valence-corrected chi connectivity index (χ1v) is 12.0. The zero-order valence-corrected chi connectivity index (χ0v) is 20.3. The van der Waals surface area contributed by atoms with Gasteiger partial charge in [0.2, 0.25) is 11.8 Å². The first-order valence-electron chi connectivity index (χ1n) is 12.0. The molecule has 1 aromatic heterocycles. The quantitative estimate of drug-likeness (QED) is 0.354. The van der Waals surface area contributed by atoms with Crippen LogP contribution in [0, 0.1) is 0 Å². The molecule has 3 aromatic carbocycles. The van der Waals surface area contributed by atoms with Crippen LogP contribution in [0.1, 0.15) is 40.1 Å². The molecule has 0 spiro atoms. The van der Waals surface area contributed by atoms with Gasteiger partial charge < -0.3 is 14.8 Å². The molecule has 8 nitrogen and oxygen atoms in total. The van der Waals surface area contributed by atoms with Crippen LogP contribution >= 0.6 is 0 Å². The first kappa shape index (κ1) is 24.0. The third-order valence-electron chi connectivity index (χ3n) is 6.30. The predicted molar refractivity (Wildman–Crippen MR) is 142 cm³/mol. The fourth-order valence-electron chi connectivity index (χ4n) is 4.45. The van der Waals surface area contributed by atoms with E-state index < -0.39 is 6.04 Å². The van der Waals surface area contributed by atoms with E-state index in [1.54, 1.807) is 41.3 Å². The highest BCUT2D eigenvalue weighted by Crippen LogP contribution is 2.29. The average molecular weight is 494 g/mol. The highest BCUT2D eigenvalue weighted by Gasteiger charge is 2.25. The van der Waals surface area contributed by atoms with Gasteiger partial charge in [-0.05, 0) is 53.6 Å². The minimum absolute atomic E-state index is 0.116. The second-order valence-electron chi connectivity index (χ2n) is 8.88. The van der Waals surface area contributed by atoms with Crippen molar-refractivity contribution in [1.29, 1.82) is 0 Å². The number of nitrogens with zero attached hydrogens (tertiary/aromatic N) is 2. The van der Waals surface area contributed by atoms with E-state index in [4.69, 9.17) is 0 Å². The number of hydrogen-bond acceptors (Lipinski definition) is 4. The van der Waals surface area contributed by atoms with E-state index in [9.17, 15) is 14.4 Å². The van der Waals surface area contributed by atoms with Crippen molar-refractivity contribution in [2.75, 3.05) is 10.2 Å². The van der Waals surface area contributed by atoms with Crippen molar-refractivity contribution in [3.63, 3.8) is 0 Å². The molecule has 2 heterocycles. The molecule has 0 saturated carbocycles. The smallest absolute Gasteiger partial charge is 0.258 e. The lowest BCUT2D eigenvalue weighted by molar-refractivity contribution is -0.121. The molecule has 3 N–H and O–H groups in total. The predicted octanol–water partition coefficient (Wildman–Crippen LogP) is 4.02. The second-order valence-corrected chi connectivity index (χ2v) is 8.88. The van der Waals surface area contributed by atoms with E-state index >= 15 is 0 Å². The summed E-state index contributed by atoms with van der Waals surface area (Å²) in [5.41, 5.74) is 10.0. The van der Waals surface area contributed by atoms with Crippen LogP contribution < -0.4 is 21.1 Å². The van der Waals surface area contributed by atoms with Gasteiger partial charge in [0.15, 0.2) is 0 Å². The fourth-order valence-corrected chi connectivity index (χ4v) is 4.45. The molecule has 3 amide bonds. The van der Waals surface area contributed by atoms with Gasteiger partial charge in [-0.2, -0.15) is 0 Å². The summed E-state index contributed by atoms with van der Waals surface area (Å²) in [5.74, 6) is -0.769. The topological polar surface area (TPSA) is 95.5 Å². The number of aromatic nitrogens is 1. The van der Waals surface area contributed by atoms with Gasteiger partial charge in [-0.3, -0.25) is 19.8 Å². The van der Waals surface area contributed by atoms with Crippen molar-refractivity contribution < 1.29 is 14.4 Å². The van der Waals surface area contributed by atoms with Crippen LogP contribution in [0.4, 0.5) is 11.4 Å². The maximum absolute atomic E-state index is 13.6. The van der Waals surface area contributed by atoms with Gasteiger partial charge in [0.25, 0.3) is 5.91 Å². The van der Waals surface area contributed by atoms with E-state index in [0.29, 0.717) is 29.9 Å². The molecule has 0 saturated heterocycles. The number of hydrogen-bond donors (Lipinski definition) is 3. The van der Waals surface area contributed by atoms with Gasteiger partial charge in [-0.15, -0.1) is 0 Å².